The lowest BCUT2D eigenvalue weighted by Crippen LogP contribution is -2.42. The summed E-state index contributed by atoms with van der Waals surface area (Å²) in [7, 11) is 1.78. The summed E-state index contributed by atoms with van der Waals surface area (Å²) in [5.41, 5.74) is 0.301. The molecule has 0 saturated carbocycles. The van der Waals surface area contributed by atoms with Crippen LogP contribution in [0.3, 0.4) is 0 Å². The van der Waals surface area contributed by atoms with Gasteiger partial charge in [-0.3, -0.25) is 4.90 Å². The van der Waals surface area contributed by atoms with Crippen LogP contribution < -0.4 is 0 Å². The molecule has 1 amide bonds. The minimum atomic E-state index is -0.489. The van der Waals surface area contributed by atoms with E-state index in [4.69, 9.17) is 13.7 Å². The second kappa shape index (κ2) is 6.87. The van der Waals surface area contributed by atoms with Gasteiger partial charge in [0.05, 0.1) is 18.4 Å². The van der Waals surface area contributed by atoms with Crippen LogP contribution in [-0.4, -0.2) is 57.8 Å². The molecule has 0 radical (unpaired) electrons. The molecule has 2 aromatic rings. The van der Waals surface area contributed by atoms with E-state index >= 15 is 0 Å². The van der Waals surface area contributed by atoms with E-state index < -0.39 is 5.60 Å². The number of likely N-dealkylation sites (N-methyl/N-ethyl adjacent to an activating group) is 1. The molecule has 1 aliphatic rings. The molecule has 1 saturated heterocycles. The Kier molecular flexibility index (Phi) is 4.80. The third kappa shape index (κ3) is 4.39. The van der Waals surface area contributed by atoms with Crippen LogP contribution in [0, 0.1) is 0 Å². The van der Waals surface area contributed by atoms with E-state index in [0.29, 0.717) is 18.3 Å². The molecule has 3 rings (SSSR count). The van der Waals surface area contributed by atoms with E-state index in [-0.39, 0.29) is 12.1 Å². The second-order valence-electron chi connectivity index (χ2n) is 7.29. The van der Waals surface area contributed by atoms with Crippen molar-refractivity contribution in [2.24, 2.45) is 0 Å². The Labute approximate surface area is 146 Å². The van der Waals surface area contributed by atoms with Gasteiger partial charge in [-0.25, -0.2) is 4.79 Å². The summed E-state index contributed by atoms with van der Waals surface area (Å²) in [6.45, 7) is 7.77. The molecule has 1 aliphatic heterocycles. The summed E-state index contributed by atoms with van der Waals surface area (Å²) in [5.74, 6) is 1.07. The minimum absolute atomic E-state index is 0.117. The van der Waals surface area contributed by atoms with Crippen molar-refractivity contribution in [1.82, 2.24) is 19.9 Å². The Morgan fingerprint density at radius 1 is 1.48 bits per heavy atom. The number of ether oxygens (including phenoxy) is 1. The predicted octanol–water partition coefficient (Wildman–Crippen LogP) is 2.77. The summed E-state index contributed by atoms with van der Waals surface area (Å²) in [4.78, 5) is 20.4. The second-order valence-corrected chi connectivity index (χ2v) is 7.29. The molecule has 0 bridgehead atoms. The molecule has 0 aliphatic carbocycles. The number of hydrogen-bond acceptors (Lipinski definition) is 7. The van der Waals surface area contributed by atoms with Gasteiger partial charge in [0, 0.05) is 26.2 Å². The zero-order valence-electron chi connectivity index (χ0n) is 15.1. The Morgan fingerprint density at radius 3 is 2.96 bits per heavy atom. The normalized spacial score (nSPS) is 18.5. The SMILES string of the molecule is CN(C(=O)OC(C)(C)C)[C@@H]1CCN(Cc2nc(-c3ccoc3)no2)C1. The topological polar surface area (TPSA) is 84.8 Å². The maximum atomic E-state index is 12.2. The highest BCUT2D eigenvalue weighted by Gasteiger charge is 2.31. The van der Waals surface area contributed by atoms with Gasteiger partial charge in [0.25, 0.3) is 0 Å². The molecule has 2 aromatic heterocycles. The maximum Gasteiger partial charge on any atom is 0.410 e. The first-order valence-electron chi connectivity index (χ1n) is 8.35. The zero-order chi connectivity index (χ0) is 18.0. The van der Waals surface area contributed by atoms with Crippen molar-refractivity contribution in [3.05, 3.63) is 24.5 Å². The number of hydrogen-bond donors (Lipinski definition) is 0. The van der Waals surface area contributed by atoms with Gasteiger partial charge in [-0.15, -0.1) is 0 Å². The van der Waals surface area contributed by atoms with Crippen molar-refractivity contribution >= 4 is 6.09 Å². The molecule has 3 heterocycles. The number of likely N-dealkylation sites (tertiary alicyclic amines) is 1. The van der Waals surface area contributed by atoms with E-state index in [1.807, 2.05) is 20.8 Å². The van der Waals surface area contributed by atoms with Crippen LogP contribution in [0.5, 0.6) is 0 Å². The van der Waals surface area contributed by atoms with E-state index in [0.717, 1.165) is 25.1 Å². The third-order valence-corrected chi connectivity index (χ3v) is 4.08. The first-order chi connectivity index (χ1) is 11.8. The van der Waals surface area contributed by atoms with Gasteiger partial charge in [-0.1, -0.05) is 5.16 Å². The van der Waals surface area contributed by atoms with Gasteiger partial charge in [0.1, 0.15) is 11.9 Å². The number of rotatable bonds is 4. The van der Waals surface area contributed by atoms with Crippen LogP contribution in [0.25, 0.3) is 11.4 Å². The lowest BCUT2D eigenvalue weighted by atomic mass is 10.2. The lowest BCUT2D eigenvalue weighted by Gasteiger charge is -2.28. The number of carbonyl (C=O) groups excluding carboxylic acids is 1. The first kappa shape index (κ1) is 17.5. The van der Waals surface area contributed by atoms with Gasteiger partial charge in [-0.05, 0) is 33.3 Å². The van der Waals surface area contributed by atoms with Gasteiger partial charge in [-0.2, -0.15) is 4.98 Å². The minimum Gasteiger partial charge on any atom is -0.472 e. The maximum absolute atomic E-state index is 12.2. The van der Waals surface area contributed by atoms with E-state index in [2.05, 4.69) is 15.0 Å². The average Bonchev–Trinajstić information content (AvgIpc) is 3.26. The summed E-state index contributed by atoms with van der Waals surface area (Å²) >= 11 is 0. The Balaban J connectivity index is 1.54. The number of nitrogens with zero attached hydrogens (tertiary/aromatic N) is 4. The number of aromatic nitrogens is 2. The standard InChI is InChI=1S/C17H24N4O4/c1-17(2,3)24-16(22)20(4)13-5-7-21(9-13)10-14-18-15(19-25-14)12-6-8-23-11-12/h6,8,11,13H,5,7,9-10H2,1-4H3/t13-/m1/s1. The van der Waals surface area contributed by atoms with Gasteiger partial charge in [0.15, 0.2) is 0 Å². The molecule has 0 spiro atoms. The van der Waals surface area contributed by atoms with Crippen molar-refractivity contribution in [3.63, 3.8) is 0 Å². The van der Waals surface area contributed by atoms with Crippen LogP contribution in [0.4, 0.5) is 4.79 Å². The number of furan rings is 1. The lowest BCUT2D eigenvalue weighted by molar-refractivity contribution is 0.0227. The highest BCUT2D eigenvalue weighted by atomic mass is 16.6. The van der Waals surface area contributed by atoms with Crippen molar-refractivity contribution in [3.8, 4) is 11.4 Å². The molecule has 25 heavy (non-hydrogen) atoms. The van der Waals surface area contributed by atoms with Crippen molar-refractivity contribution in [2.75, 3.05) is 20.1 Å². The highest BCUT2D eigenvalue weighted by Crippen LogP contribution is 2.21. The Morgan fingerprint density at radius 2 is 2.28 bits per heavy atom. The fourth-order valence-corrected chi connectivity index (χ4v) is 2.77. The van der Waals surface area contributed by atoms with E-state index in [1.54, 1.807) is 30.5 Å². The molecular formula is C17H24N4O4. The fraction of sp³-hybridized carbons (Fsp3) is 0.588. The number of amides is 1. The molecule has 0 N–H and O–H groups in total. The smallest absolute Gasteiger partial charge is 0.410 e. The quantitative estimate of drug-likeness (QED) is 0.840. The van der Waals surface area contributed by atoms with E-state index in [1.165, 1.54) is 0 Å². The van der Waals surface area contributed by atoms with Gasteiger partial charge >= 0.3 is 6.09 Å². The largest absolute Gasteiger partial charge is 0.472 e. The van der Waals surface area contributed by atoms with Crippen LogP contribution in [-0.2, 0) is 11.3 Å². The molecule has 8 heteroatoms. The van der Waals surface area contributed by atoms with Crippen molar-refractivity contribution < 1.29 is 18.5 Å². The van der Waals surface area contributed by atoms with E-state index in [9.17, 15) is 4.79 Å². The number of carbonyl (C=O) groups is 1. The Bertz CT molecular complexity index is 705. The summed E-state index contributed by atoms with van der Waals surface area (Å²) in [6, 6.07) is 1.90. The van der Waals surface area contributed by atoms with Crippen LogP contribution in [0.15, 0.2) is 27.5 Å². The predicted molar refractivity (Wildman–Crippen MR) is 89.7 cm³/mol. The van der Waals surface area contributed by atoms with Crippen LogP contribution in [0.2, 0.25) is 0 Å². The summed E-state index contributed by atoms with van der Waals surface area (Å²) in [6.07, 6.45) is 3.75. The van der Waals surface area contributed by atoms with Crippen molar-refractivity contribution in [1.29, 1.82) is 0 Å². The average molecular weight is 348 g/mol. The monoisotopic (exact) mass is 348 g/mol. The van der Waals surface area contributed by atoms with Crippen LogP contribution in [0.1, 0.15) is 33.1 Å². The molecule has 1 fully saturated rings. The molecule has 1 atom stereocenters. The summed E-state index contributed by atoms with van der Waals surface area (Å²) in [5, 5.41) is 3.97. The molecule has 8 nitrogen and oxygen atoms in total. The first-order valence-corrected chi connectivity index (χ1v) is 8.35. The van der Waals surface area contributed by atoms with Gasteiger partial charge < -0.3 is 18.6 Å². The molecule has 136 valence electrons. The van der Waals surface area contributed by atoms with Gasteiger partial charge in [0.2, 0.25) is 11.7 Å². The zero-order valence-corrected chi connectivity index (χ0v) is 15.1. The van der Waals surface area contributed by atoms with Crippen molar-refractivity contribution in [2.45, 2.75) is 45.4 Å². The molecule has 0 aromatic carbocycles. The Hall–Kier alpha value is -2.35. The fourth-order valence-electron chi connectivity index (χ4n) is 2.77. The van der Waals surface area contributed by atoms with Crippen LogP contribution >= 0.6 is 0 Å². The highest BCUT2D eigenvalue weighted by molar-refractivity contribution is 5.68. The summed E-state index contributed by atoms with van der Waals surface area (Å²) < 4.78 is 15.8. The molecular weight excluding hydrogens is 324 g/mol. The third-order valence-electron chi connectivity index (χ3n) is 4.08. The molecule has 0 unspecified atom stereocenters.